The van der Waals surface area contributed by atoms with Gasteiger partial charge in [0.25, 0.3) is 0 Å². The number of piperidine rings is 1. The van der Waals surface area contributed by atoms with Crippen LogP contribution in [0.2, 0.25) is 0 Å². The maximum atomic E-state index is 13.1. The molecule has 168 valence electrons. The first-order chi connectivity index (χ1) is 14.7. The third-order valence-corrected chi connectivity index (χ3v) is 8.11. The van der Waals surface area contributed by atoms with E-state index in [4.69, 9.17) is 0 Å². The molecule has 0 spiro atoms. The van der Waals surface area contributed by atoms with E-state index < -0.39 is 10.0 Å². The van der Waals surface area contributed by atoms with Gasteiger partial charge in [-0.05, 0) is 58.0 Å². The molecule has 7 heteroatoms. The summed E-state index contributed by atoms with van der Waals surface area (Å²) in [5.41, 5.74) is 2.95. The van der Waals surface area contributed by atoms with Crippen LogP contribution >= 0.6 is 0 Å². The fourth-order valence-corrected chi connectivity index (χ4v) is 5.88. The van der Waals surface area contributed by atoms with Crippen LogP contribution < -0.4 is 5.32 Å². The molecule has 0 aromatic heterocycles. The Kier molecular flexibility index (Phi) is 7.51. The summed E-state index contributed by atoms with van der Waals surface area (Å²) in [7, 11) is 0.464. The van der Waals surface area contributed by atoms with Crippen LogP contribution in [0.4, 0.5) is 0 Å². The van der Waals surface area contributed by atoms with Gasteiger partial charge in [-0.3, -0.25) is 4.79 Å². The van der Waals surface area contributed by atoms with E-state index in [0.29, 0.717) is 37.4 Å². The summed E-state index contributed by atoms with van der Waals surface area (Å²) in [6.07, 6.45) is 1.07. The summed E-state index contributed by atoms with van der Waals surface area (Å²) in [5.74, 6) is -0.157. The number of hydrogen-bond donors (Lipinski definition) is 1. The van der Waals surface area contributed by atoms with Crippen molar-refractivity contribution in [3.63, 3.8) is 0 Å². The largest absolute Gasteiger partial charge is 0.354 e. The molecule has 0 saturated carbocycles. The van der Waals surface area contributed by atoms with Crippen molar-refractivity contribution in [3.05, 3.63) is 65.2 Å². The molecule has 1 heterocycles. The lowest BCUT2D eigenvalue weighted by Crippen LogP contribution is -2.44. The third kappa shape index (κ3) is 5.53. The summed E-state index contributed by atoms with van der Waals surface area (Å²) in [4.78, 5) is 15.2. The molecule has 2 aromatic carbocycles. The standard InChI is InChI=1S/C24H33N3O3S/c1-18-10-11-23(19(2)16-18)31(29,30)27-14-12-21(13-15-27)24(28)25-17-22(26(3)4)20-8-6-5-7-9-20/h5-11,16,21-22H,12-15,17H2,1-4H3,(H,25,28)/t22-/m0/s1. The number of nitrogens with one attached hydrogen (secondary N) is 1. The third-order valence-electron chi connectivity index (χ3n) is 6.05. The monoisotopic (exact) mass is 443 g/mol. The second-order valence-corrected chi connectivity index (χ2v) is 10.5. The topological polar surface area (TPSA) is 69.7 Å². The fourth-order valence-electron chi connectivity index (χ4n) is 4.20. The summed E-state index contributed by atoms with van der Waals surface area (Å²) >= 11 is 0. The molecule has 3 rings (SSSR count). The Morgan fingerprint density at radius 2 is 1.74 bits per heavy atom. The van der Waals surface area contributed by atoms with Crippen molar-refractivity contribution in [1.82, 2.24) is 14.5 Å². The van der Waals surface area contributed by atoms with Crippen molar-refractivity contribution in [1.29, 1.82) is 0 Å². The molecule has 1 fully saturated rings. The van der Waals surface area contributed by atoms with Gasteiger partial charge in [-0.2, -0.15) is 4.31 Å². The van der Waals surface area contributed by atoms with Gasteiger partial charge in [-0.25, -0.2) is 8.42 Å². The van der Waals surface area contributed by atoms with E-state index in [2.05, 4.69) is 22.3 Å². The molecule has 0 aliphatic carbocycles. The number of carbonyl (C=O) groups excluding carboxylic acids is 1. The quantitative estimate of drug-likeness (QED) is 0.714. The van der Waals surface area contributed by atoms with Crippen LogP contribution in [-0.2, 0) is 14.8 Å². The van der Waals surface area contributed by atoms with E-state index in [1.165, 1.54) is 4.31 Å². The lowest BCUT2D eigenvalue weighted by Gasteiger charge is -2.32. The molecule has 0 bridgehead atoms. The second kappa shape index (κ2) is 9.94. The van der Waals surface area contributed by atoms with E-state index in [9.17, 15) is 13.2 Å². The fraction of sp³-hybridized carbons (Fsp3) is 0.458. The summed E-state index contributed by atoms with van der Waals surface area (Å²) in [6.45, 7) is 5.03. The highest BCUT2D eigenvalue weighted by molar-refractivity contribution is 7.89. The second-order valence-electron chi connectivity index (χ2n) is 8.58. The minimum Gasteiger partial charge on any atom is -0.354 e. The molecule has 0 unspecified atom stereocenters. The SMILES string of the molecule is Cc1ccc(S(=O)(=O)N2CCC(C(=O)NC[C@@H](c3ccccc3)N(C)C)CC2)c(C)c1. The van der Waals surface area contributed by atoms with Crippen molar-refractivity contribution in [2.24, 2.45) is 5.92 Å². The Hall–Kier alpha value is -2.22. The number of benzene rings is 2. The molecule has 0 radical (unpaired) electrons. The van der Waals surface area contributed by atoms with Gasteiger partial charge in [-0.1, -0.05) is 48.0 Å². The van der Waals surface area contributed by atoms with Crippen molar-refractivity contribution >= 4 is 15.9 Å². The Bertz CT molecular complexity index is 998. The van der Waals surface area contributed by atoms with Gasteiger partial charge in [0.2, 0.25) is 15.9 Å². The predicted octanol–water partition coefficient (Wildman–Crippen LogP) is 3.12. The smallest absolute Gasteiger partial charge is 0.243 e. The molecular weight excluding hydrogens is 410 g/mol. The number of nitrogens with zero attached hydrogens (tertiary/aromatic N) is 2. The van der Waals surface area contributed by atoms with Gasteiger partial charge in [0.15, 0.2) is 0 Å². The Balaban J connectivity index is 1.58. The molecule has 1 aliphatic heterocycles. The minimum absolute atomic E-state index is 0.00588. The molecule has 1 N–H and O–H groups in total. The normalized spacial score (nSPS) is 16.9. The summed E-state index contributed by atoms with van der Waals surface area (Å²) in [6, 6.07) is 15.6. The maximum Gasteiger partial charge on any atom is 0.243 e. The number of carbonyl (C=O) groups is 1. The van der Waals surface area contributed by atoms with E-state index in [1.54, 1.807) is 6.07 Å². The zero-order valence-electron chi connectivity index (χ0n) is 18.8. The van der Waals surface area contributed by atoms with Gasteiger partial charge in [0.1, 0.15) is 0 Å². The molecule has 2 aromatic rings. The molecule has 1 saturated heterocycles. The van der Waals surface area contributed by atoms with Crippen LogP contribution in [0.15, 0.2) is 53.4 Å². The van der Waals surface area contributed by atoms with Gasteiger partial charge < -0.3 is 10.2 Å². The van der Waals surface area contributed by atoms with Crippen molar-refractivity contribution < 1.29 is 13.2 Å². The van der Waals surface area contributed by atoms with Crippen molar-refractivity contribution in [3.8, 4) is 0 Å². The molecular formula is C24H33N3O3S. The van der Waals surface area contributed by atoms with Gasteiger partial charge >= 0.3 is 0 Å². The lowest BCUT2D eigenvalue weighted by molar-refractivity contribution is -0.126. The van der Waals surface area contributed by atoms with E-state index in [1.807, 2.05) is 58.3 Å². The van der Waals surface area contributed by atoms with E-state index >= 15 is 0 Å². The maximum absolute atomic E-state index is 13.1. The van der Waals surface area contributed by atoms with Crippen molar-refractivity contribution in [2.45, 2.75) is 37.6 Å². The van der Waals surface area contributed by atoms with Crippen LogP contribution in [0.25, 0.3) is 0 Å². The van der Waals surface area contributed by atoms with Gasteiger partial charge in [0.05, 0.1) is 10.9 Å². The van der Waals surface area contributed by atoms with Gasteiger partial charge in [0, 0.05) is 25.6 Å². The van der Waals surface area contributed by atoms with Crippen LogP contribution in [0.5, 0.6) is 0 Å². The molecule has 6 nitrogen and oxygen atoms in total. The first kappa shape index (κ1) is 23.4. The lowest BCUT2D eigenvalue weighted by atomic mass is 9.97. The number of likely N-dealkylation sites (N-methyl/N-ethyl adjacent to an activating group) is 1. The Labute approximate surface area is 186 Å². The van der Waals surface area contributed by atoms with E-state index in [-0.39, 0.29) is 17.9 Å². The summed E-state index contributed by atoms with van der Waals surface area (Å²) in [5, 5.41) is 3.08. The zero-order valence-corrected chi connectivity index (χ0v) is 19.7. The molecule has 31 heavy (non-hydrogen) atoms. The number of amides is 1. The number of hydrogen-bond acceptors (Lipinski definition) is 4. The highest BCUT2D eigenvalue weighted by Crippen LogP contribution is 2.26. The van der Waals surface area contributed by atoms with Crippen LogP contribution in [0.1, 0.15) is 35.6 Å². The van der Waals surface area contributed by atoms with Crippen LogP contribution in [0, 0.1) is 19.8 Å². The average Bonchev–Trinajstić information content (AvgIpc) is 2.74. The molecule has 1 aliphatic rings. The predicted molar refractivity (Wildman–Crippen MR) is 123 cm³/mol. The average molecular weight is 444 g/mol. The Morgan fingerprint density at radius 1 is 1.10 bits per heavy atom. The Morgan fingerprint density at radius 3 is 2.32 bits per heavy atom. The van der Waals surface area contributed by atoms with E-state index in [0.717, 1.165) is 16.7 Å². The zero-order chi connectivity index (χ0) is 22.6. The molecule has 1 amide bonds. The highest BCUT2D eigenvalue weighted by Gasteiger charge is 2.33. The first-order valence-corrected chi connectivity index (χ1v) is 12.2. The van der Waals surface area contributed by atoms with Crippen LogP contribution in [0.3, 0.4) is 0 Å². The number of aryl methyl sites for hydroxylation is 2. The number of sulfonamides is 1. The number of rotatable bonds is 7. The van der Waals surface area contributed by atoms with Gasteiger partial charge in [-0.15, -0.1) is 0 Å². The van der Waals surface area contributed by atoms with Crippen molar-refractivity contribution in [2.75, 3.05) is 33.7 Å². The molecule has 1 atom stereocenters. The highest BCUT2D eigenvalue weighted by atomic mass is 32.2. The first-order valence-electron chi connectivity index (χ1n) is 10.8. The van der Waals surface area contributed by atoms with Crippen LogP contribution in [-0.4, -0.2) is 57.3 Å². The minimum atomic E-state index is -3.54. The summed E-state index contributed by atoms with van der Waals surface area (Å²) < 4.78 is 27.6.